The fourth-order valence-electron chi connectivity index (χ4n) is 3.06. The number of carbonyl (C=O) groups is 1. The first kappa shape index (κ1) is 22.7. The van der Waals surface area contributed by atoms with E-state index in [0.717, 1.165) is 16.8 Å². The largest absolute Gasteiger partial charge is 0.325 e. The number of thioether (sulfide) groups is 1. The molecule has 4 rings (SSSR count). The second kappa shape index (κ2) is 9.96. The molecule has 0 atom stereocenters. The molecule has 162 valence electrons. The van der Waals surface area contributed by atoms with Crippen LogP contribution in [0.2, 0.25) is 15.1 Å². The van der Waals surface area contributed by atoms with Crippen molar-refractivity contribution in [2.24, 2.45) is 0 Å². The summed E-state index contributed by atoms with van der Waals surface area (Å²) in [5, 5.41) is 13.9. The van der Waals surface area contributed by atoms with E-state index >= 15 is 0 Å². The van der Waals surface area contributed by atoms with E-state index in [1.807, 2.05) is 47.9 Å². The first-order chi connectivity index (χ1) is 15.4. The van der Waals surface area contributed by atoms with E-state index < -0.39 is 0 Å². The molecule has 0 spiro atoms. The first-order valence-corrected chi connectivity index (χ1v) is 11.7. The Morgan fingerprint density at radius 1 is 0.938 bits per heavy atom. The maximum Gasteiger partial charge on any atom is 0.234 e. The molecule has 4 aromatic rings. The van der Waals surface area contributed by atoms with Crippen molar-refractivity contribution in [3.05, 3.63) is 87.4 Å². The summed E-state index contributed by atoms with van der Waals surface area (Å²) in [6.07, 6.45) is 0. The third kappa shape index (κ3) is 4.94. The van der Waals surface area contributed by atoms with Crippen LogP contribution in [-0.4, -0.2) is 26.4 Å². The monoisotopic (exact) mass is 502 g/mol. The van der Waals surface area contributed by atoms with Crippen LogP contribution >= 0.6 is 46.6 Å². The normalized spacial score (nSPS) is 10.9. The van der Waals surface area contributed by atoms with Gasteiger partial charge in [-0.25, -0.2) is 0 Å². The van der Waals surface area contributed by atoms with Gasteiger partial charge in [-0.05, 0) is 61.0 Å². The number of rotatable bonds is 6. The molecule has 5 nitrogen and oxygen atoms in total. The molecule has 9 heteroatoms. The average Bonchev–Trinajstić information content (AvgIpc) is 3.20. The van der Waals surface area contributed by atoms with Gasteiger partial charge in [0.25, 0.3) is 0 Å². The maximum absolute atomic E-state index is 12.6. The van der Waals surface area contributed by atoms with Crippen molar-refractivity contribution in [1.82, 2.24) is 14.8 Å². The van der Waals surface area contributed by atoms with Crippen LogP contribution in [0.4, 0.5) is 5.69 Å². The molecule has 1 aromatic heterocycles. The van der Waals surface area contributed by atoms with Crippen molar-refractivity contribution in [1.29, 1.82) is 0 Å². The third-order valence-electron chi connectivity index (χ3n) is 4.71. The molecule has 0 unspecified atom stereocenters. The molecule has 1 N–H and O–H groups in total. The second-order valence-corrected chi connectivity index (χ2v) is 9.04. The van der Waals surface area contributed by atoms with E-state index in [0.29, 0.717) is 31.7 Å². The van der Waals surface area contributed by atoms with E-state index in [4.69, 9.17) is 34.8 Å². The molecule has 0 aliphatic rings. The molecule has 1 heterocycles. The number of aromatic nitrogens is 3. The van der Waals surface area contributed by atoms with Gasteiger partial charge in [0.2, 0.25) is 5.91 Å². The van der Waals surface area contributed by atoms with E-state index in [-0.39, 0.29) is 11.7 Å². The second-order valence-electron chi connectivity index (χ2n) is 6.85. The Morgan fingerprint density at radius 3 is 2.41 bits per heavy atom. The van der Waals surface area contributed by atoms with Crippen LogP contribution in [0, 0.1) is 6.92 Å². The predicted molar refractivity (Wildman–Crippen MR) is 132 cm³/mol. The van der Waals surface area contributed by atoms with Gasteiger partial charge in [-0.1, -0.05) is 64.8 Å². The van der Waals surface area contributed by atoms with Crippen LogP contribution in [0.15, 0.2) is 71.9 Å². The van der Waals surface area contributed by atoms with Gasteiger partial charge in [-0.3, -0.25) is 9.36 Å². The first-order valence-electron chi connectivity index (χ1n) is 9.58. The van der Waals surface area contributed by atoms with Crippen molar-refractivity contribution in [2.45, 2.75) is 12.1 Å². The summed E-state index contributed by atoms with van der Waals surface area (Å²) in [6.45, 7) is 1.86. The lowest BCUT2D eigenvalue weighted by atomic mass is 10.2. The third-order valence-corrected chi connectivity index (χ3v) is 6.63. The fourth-order valence-corrected chi connectivity index (χ4v) is 4.34. The number of benzene rings is 3. The minimum atomic E-state index is -0.176. The smallest absolute Gasteiger partial charge is 0.234 e. The number of nitrogens with one attached hydrogen (secondary N) is 1. The molecule has 1 amide bonds. The van der Waals surface area contributed by atoms with Crippen molar-refractivity contribution < 1.29 is 4.79 Å². The summed E-state index contributed by atoms with van der Waals surface area (Å²) in [5.41, 5.74) is 3.04. The molecule has 0 saturated heterocycles. The van der Waals surface area contributed by atoms with Gasteiger partial charge in [0.05, 0.1) is 10.8 Å². The van der Waals surface area contributed by atoms with Gasteiger partial charge in [0.1, 0.15) is 0 Å². The van der Waals surface area contributed by atoms with Gasteiger partial charge in [-0.2, -0.15) is 0 Å². The van der Waals surface area contributed by atoms with E-state index in [2.05, 4.69) is 15.5 Å². The lowest BCUT2D eigenvalue weighted by Gasteiger charge is -2.12. The standard InChI is InChI=1S/C23H17Cl3N4OS/c1-14-18(25)7-4-8-20(14)27-21(31)13-32-23-29-28-22(17-5-2-3-6-19(17)26)30(23)16-11-9-15(24)10-12-16/h2-12H,13H2,1H3,(H,27,31). The average molecular weight is 504 g/mol. The number of hydrogen-bond acceptors (Lipinski definition) is 4. The van der Waals surface area contributed by atoms with Gasteiger partial charge in [-0.15, -0.1) is 10.2 Å². The van der Waals surface area contributed by atoms with Crippen molar-refractivity contribution >= 4 is 58.2 Å². The molecule has 0 radical (unpaired) electrons. The molecule has 0 aliphatic heterocycles. The number of carbonyl (C=O) groups excluding carboxylic acids is 1. The Balaban J connectivity index is 1.62. The highest BCUT2D eigenvalue weighted by Crippen LogP contribution is 2.32. The van der Waals surface area contributed by atoms with E-state index in [1.165, 1.54) is 11.8 Å². The minimum Gasteiger partial charge on any atom is -0.325 e. The molecule has 0 fully saturated rings. The topological polar surface area (TPSA) is 59.8 Å². The Hall–Kier alpha value is -2.51. The summed E-state index contributed by atoms with van der Waals surface area (Å²) in [6, 6.07) is 20.1. The summed E-state index contributed by atoms with van der Waals surface area (Å²) in [5.74, 6) is 0.539. The van der Waals surface area contributed by atoms with Crippen LogP contribution in [0.3, 0.4) is 0 Å². The van der Waals surface area contributed by atoms with Crippen molar-refractivity contribution in [2.75, 3.05) is 11.1 Å². The number of nitrogens with zero attached hydrogens (tertiary/aromatic N) is 3. The van der Waals surface area contributed by atoms with Crippen LogP contribution < -0.4 is 5.32 Å². The number of anilines is 1. The summed E-state index contributed by atoms with van der Waals surface area (Å²) in [7, 11) is 0. The molecule has 0 aliphatic carbocycles. The zero-order valence-electron chi connectivity index (χ0n) is 16.8. The Kier molecular flexibility index (Phi) is 7.06. The molecule has 0 saturated carbocycles. The summed E-state index contributed by atoms with van der Waals surface area (Å²) < 4.78 is 1.86. The van der Waals surface area contributed by atoms with Gasteiger partial charge in [0, 0.05) is 27.0 Å². The molecular formula is C23H17Cl3N4OS. The number of halogens is 3. The molecular weight excluding hydrogens is 487 g/mol. The lowest BCUT2D eigenvalue weighted by molar-refractivity contribution is -0.113. The molecule has 32 heavy (non-hydrogen) atoms. The van der Waals surface area contributed by atoms with E-state index in [9.17, 15) is 4.79 Å². The Bertz CT molecular complexity index is 1270. The van der Waals surface area contributed by atoms with Crippen LogP contribution in [0.1, 0.15) is 5.56 Å². The quantitative estimate of drug-likeness (QED) is 0.290. The van der Waals surface area contributed by atoms with Crippen molar-refractivity contribution in [3.63, 3.8) is 0 Å². The van der Waals surface area contributed by atoms with Gasteiger partial charge in [0.15, 0.2) is 11.0 Å². The fraction of sp³-hybridized carbons (Fsp3) is 0.0870. The van der Waals surface area contributed by atoms with E-state index in [1.54, 1.807) is 30.3 Å². The Morgan fingerprint density at radius 2 is 1.66 bits per heavy atom. The lowest BCUT2D eigenvalue weighted by Crippen LogP contribution is -2.15. The highest BCUT2D eigenvalue weighted by atomic mass is 35.5. The van der Waals surface area contributed by atoms with Crippen LogP contribution in [0.25, 0.3) is 17.1 Å². The van der Waals surface area contributed by atoms with Crippen LogP contribution in [-0.2, 0) is 4.79 Å². The van der Waals surface area contributed by atoms with Crippen molar-refractivity contribution in [3.8, 4) is 17.1 Å². The zero-order chi connectivity index (χ0) is 22.7. The summed E-state index contributed by atoms with van der Waals surface area (Å²) >= 11 is 19.9. The number of amides is 1. The summed E-state index contributed by atoms with van der Waals surface area (Å²) in [4.78, 5) is 12.6. The predicted octanol–water partition coefficient (Wildman–Crippen LogP) is 6.93. The SMILES string of the molecule is Cc1c(Cl)cccc1NC(=O)CSc1nnc(-c2ccccc2Cl)n1-c1ccc(Cl)cc1. The number of hydrogen-bond donors (Lipinski definition) is 1. The van der Waals surface area contributed by atoms with Gasteiger partial charge >= 0.3 is 0 Å². The van der Waals surface area contributed by atoms with Gasteiger partial charge < -0.3 is 5.32 Å². The Labute approximate surface area is 204 Å². The van der Waals surface area contributed by atoms with Crippen LogP contribution in [0.5, 0.6) is 0 Å². The highest BCUT2D eigenvalue weighted by molar-refractivity contribution is 7.99. The molecule has 0 bridgehead atoms. The minimum absolute atomic E-state index is 0.139. The zero-order valence-corrected chi connectivity index (χ0v) is 19.9. The molecule has 3 aromatic carbocycles. The highest BCUT2D eigenvalue weighted by Gasteiger charge is 2.19. The maximum atomic E-state index is 12.6.